The van der Waals surface area contributed by atoms with Gasteiger partial charge in [0.15, 0.2) is 6.10 Å². The minimum atomic E-state index is -1.64. The van der Waals surface area contributed by atoms with Crippen LogP contribution in [0, 0.1) is 13.8 Å². The number of hydrogen-bond donors (Lipinski definition) is 3. The third kappa shape index (κ3) is 4.75. The van der Waals surface area contributed by atoms with Crippen molar-refractivity contribution in [2.24, 2.45) is 0 Å². The van der Waals surface area contributed by atoms with Gasteiger partial charge in [-0.05, 0) is 57.4 Å². The number of aliphatic hydroxyl groups is 1. The molecule has 116 valence electrons. The van der Waals surface area contributed by atoms with Gasteiger partial charge in [-0.3, -0.25) is 5.32 Å². The first kappa shape index (κ1) is 17.0. The third-order valence-electron chi connectivity index (χ3n) is 2.87. The van der Waals surface area contributed by atoms with Crippen molar-refractivity contribution in [3.63, 3.8) is 0 Å². The van der Waals surface area contributed by atoms with Gasteiger partial charge in [-0.1, -0.05) is 6.07 Å². The van der Waals surface area contributed by atoms with Crippen molar-refractivity contribution in [3.8, 4) is 0 Å². The average Bonchev–Trinajstić information content (AvgIpc) is 2.31. The fourth-order valence-corrected chi connectivity index (χ4v) is 1.73. The van der Waals surface area contributed by atoms with Gasteiger partial charge in [0.25, 0.3) is 0 Å². The second kappa shape index (κ2) is 6.13. The number of hydrogen-bond acceptors (Lipinski definition) is 4. The number of carboxylic acid groups (broad SMARTS) is 1. The van der Waals surface area contributed by atoms with Crippen LogP contribution in [0.1, 0.15) is 43.6 Å². The van der Waals surface area contributed by atoms with Crippen LogP contribution < -0.4 is 5.32 Å². The molecule has 1 aromatic carbocycles. The molecule has 3 N–H and O–H groups in total. The number of carbonyl (C=O) groups is 2. The van der Waals surface area contributed by atoms with Crippen LogP contribution >= 0.6 is 0 Å². The molecule has 6 nitrogen and oxygen atoms in total. The summed E-state index contributed by atoms with van der Waals surface area (Å²) in [5.41, 5.74) is 1.53. The van der Waals surface area contributed by atoms with E-state index in [-0.39, 0.29) is 5.56 Å². The highest BCUT2D eigenvalue weighted by molar-refractivity contribution is 5.87. The lowest BCUT2D eigenvalue weighted by Crippen LogP contribution is -2.27. The van der Waals surface area contributed by atoms with E-state index >= 15 is 0 Å². The lowest BCUT2D eigenvalue weighted by molar-refractivity contribution is -0.146. The van der Waals surface area contributed by atoms with E-state index in [1.807, 2.05) is 0 Å². The van der Waals surface area contributed by atoms with Crippen molar-refractivity contribution >= 4 is 17.7 Å². The Labute approximate surface area is 123 Å². The number of ether oxygens (including phenoxy) is 1. The Morgan fingerprint density at radius 3 is 2.29 bits per heavy atom. The van der Waals surface area contributed by atoms with Crippen LogP contribution in [-0.4, -0.2) is 27.9 Å². The molecule has 0 aromatic heterocycles. The van der Waals surface area contributed by atoms with Gasteiger partial charge in [0, 0.05) is 5.69 Å². The zero-order chi connectivity index (χ0) is 16.4. The van der Waals surface area contributed by atoms with Gasteiger partial charge in [0.2, 0.25) is 0 Å². The molecule has 21 heavy (non-hydrogen) atoms. The summed E-state index contributed by atoms with van der Waals surface area (Å²) in [6.07, 6.45) is -2.27. The number of aliphatic hydroxyl groups excluding tert-OH is 1. The van der Waals surface area contributed by atoms with Crippen molar-refractivity contribution in [2.45, 2.75) is 46.3 Å². The highest BCUT2D eigenvalue weighted by Crippen LogP contribution is 2.26. The molecule has 6 heteroatoms. The summed E-state index contributed by atoms with van der Waals surface area (Å²) < 4.78 is 5.16. The van der Waals surface area contributed by atoms with Crippen LogP contribution in [0.25, 0.3) is 0 Å². The van der Waals surface area contributed by atoms with Gasteiger partial charge >= 0.3 is 12.1 Å². The topological polar surface area (TPSA) is 95.9 Å². The summed E-state index contributed by atoms with van der Waals surface area (Å²) in [6.45, 7) is 8.80. The molecule has 0 spiro atoms. The van der Waals surface area contributed by atoms with E-state index in [1.54, 1.807) is 40.7 Å². The average molecular weight is 295 g/mol. The van der Waals surface area contributed by atoms with Crippen molar-refractivity contribution in [3.05, 3.63) is 28.8 Å². The smallest absolute Gasteiger partial charge is 0.412 e. The number of aryl methyl sites for hydroxylation is 1. The van der Waals surface area contributed by atoms with Crippen LogP contribution in [0.4, 0.5) is 10.5 Å². The molecule has 0 saturated heterocycles. The molecule has 0 aliphatic rings. The predicted molar refractivity (Wildman–Crippen MR) is 78.4 cm³/mol. The standard InChI is InChI=1S/C15H21NO5/c1-8-6-10(12(17)13(18)19)7-11(9(8)2)16-14(20)21-15(3,4)5/h6-7,12,17H,1-5H3,(H,16,20)(H,18,19). The fraction of sp³-hybridized carbons (Fsp3) is 0.467. The first-order valence-electron chi connectivity index (χ1n) is 6.53. The molecule has 1 rings (SSSR count). The van der Waals surface area contributed by atoms with E-state index in [2.05, 4.69) is 5.32 Å². The number of aliphatic carboxylic acids is 1. The maximum absolute atomic E-state index is 11.8. The quantitative estimate of drug-likeness (QED) is 0.797. The van der Waals surface area contributed by atoms with Gasteiger partial charge in [-0.15, -0.1) is 0 Å². The maximum Gasteiger partial charge on any atom is 0.412 e. The Bertz CT molecular complexity index is 560. The molecule has 0 radical (unpaired) electrons. The van der Waals surface area contributed by atoms with Gasteiger partial charge in [-0.2, -0.15) is 0 Å². The van der Waals surface area contributed by atoms with Crippen molar-refractivity contribution < 1.29 is 24.5 Å². The number of carbonyl (C=O) groups excluding carboxylic acids is 1. The molecular formula is C15H21NO5. The van der Waals surface area contributed by atoms with Crippen LogP contribution in [0.15, 0.2) is 12.1 Å². The fourth-order valence-electron chi connectivity index (χ4n) is 1.73. The number of nitrogens with one attached hydrogen (secondary N) is 1. The van der Waals surface area contributed by atoms with Crippen molar-refractivity contribution in [1.29, 1.82) is 0 Å². The Hall–Kier alpha value is -2.08. The number of benzene rings is 1. The molecule has 1 atom stereocenters. The second-order valence-electron chi connectivity index (χ2n) is 5.88. The molecule has 0 saturated carbocycles. The maximum atomic E-state index is 11.8. The molecule has 0 bridgehead atoms. The molecule has 0 fully saturated rings. The minimum Gasteiger partial charge on any atom is -0.479 e. The van der Waals surface area contributed by atoms with Crippen molar-refractivity contribution in [1.82, 2.24) is 0 Å². The van der Waals surface area contributed by atoms with Crippen LogP contribution in [0.5, 0.6) is 0 Å². The zero-order valence-electron chi connectivity index (χ0n) is 12.9. The predicted octanol–water partition coefficient (Wildman–Crippen LogP) is 2.77. The summed E-state index contributed by atoms with van der Waals surface area (Å²) >= 11 is 0. The van der Waals surface area contributed by atoms with Gasteiger partial charge < -0.3 is 14.9 Å². The molecule has 1 unspecified atom stereocenters. The van der Waals surface area contributed by atoms with E-state index < -0.39 is 23.8 Å². The number of rotatable bonds is 3. The van der Waals surface area contributed by atoms with Crippen LogP contribution in [0.2, 0.25) is 0 Å². The van der Waals surface area contributed by atoms with Gasteiger partial charge in [0.05, 0.1) is 0 Å². The minimum absolute atomic E-state index is 0.205. The lowest BCUT2D eigenvalue weighted by Gasteiger charge is -2.21. The Morgan fingerprint density at radius 1 is 1.24 bits per heavy atom. The van der Waals surface area contributed by atoms with Crippen molar-refractivity contribution in [2.75, 3.05) is 5.32 Å². The molecular weight excluding hydrogens is 274 g/mol. The Morgan fingerprint density at radius 2 is 1.81 bits per heavy atom. The summed E-state index contributed by atoms with van der Waals surface area (Å²) in [5, 5.41) is 21.1. The largest absolute Gasteiger partial charge is 0.479 e. The molecule has 0 aliphatic carbocycles. The van der Waals surface area contributed by atoms with Crippen LogP contribution in [0.3, 0.4) is 0 Å². The molecule has 1 aromatic rings. The van der Waals surface area contributed by atoms with E-state index in [0.717, 1.165) is 11.1 Å². The summed E-state index contributed by atoms with van der Waals surface area (Å²) in [5.74, 6) is -1.35. The summed E-state index contributed by atoms with van der Waals surface area (Å²) in [7, 11) is 0. The Balaban J connectivity index is 3.07. The SMILES string of the molecule is Cc1cc(C(O)C(=O)O)cc(NC(=O)OC(C)(C)C)c1C. The van der Waals surface area contributed by atoms with E-state index in [9.17, 15) is 14.7 Å². The third-order valence-corrected chi connectivity index (χ3v) is 2.87. The van der Waals surface area contributed by atoms with Gasteiger partial charge in [0.1, 0.15) is 5.60 Å². The van der Waals surface area contributed by atoms with E-state index in [0.29, 0.717) is 5.69 Å². The number of amides is 1. The molecule has 0 aliphatic heterocycles. The molecule has 1 amide bonds. The number of anilines is 1. The summed E-state index contributed by atoms with van der Waals surface area (Å²) in [4.78, 5) is 22.6. The van der Waals surface area contributed by atoms with E-state index in [4.69, 9.17) is 9.84 Å². The zero-order valence-corrected chi connectivity index (χ0v) is 12.9. The van der Waals surface area contributed by atoms with Crippen LogP contribution in [-0.2, 0) is 9.53 Å². The highest BCUT2D eigenvalue weighted by atomic mass is 16.6. The lowest BCUT2D eigenvalue weighted by atomic mass is 10.0. The summed E-state index contributed by atoms with van der Waals surface area (Å²) in [6, 6.07) is 3.01. The van der Waals surface area contributed by atoms with E-state index in [1.165, 1.54) is 6.07 Å². The van der Waals surface area contributed by atoms with Gasteiger partial charge in [-0.25, -0.2) is 9.59 Å². The molecule has 0 heterocycles. The second-order valence-corrected chi connectivity index (χ2v) is 5.88. The first-order chi connectivity index (χ1) is 9.51. The first-order valence-corrected chi connectivity index (χ1v) is 6.53. The normalized spacial score (nSPS) is 12.7. The Kier molecular flexibility index (Phi) is 4.96. The monoisotopic (exact) mass is 295 g/mol. The number of carboxylic acids is 1. The highest BCUT2D eigenvalue weighted by Gasteiger charge is 2.20.